The van der Waals surface area contributed by atoms with E-state index in [9.17, 15) is 18.4 Å². The van der Waals surface area contributed by atoms with Gasteiger partial charge in [0.05, 0.1) is 50.7 Å². The molecule has 29 heteroatoms. The zero-order valence-electron chi connectivity index (χ0n) is 93.8. The van der Waals surface area contributed by atoms with Gasteiger partial charge in [-0.25, -0.2) is 18.6 Å². The van der Waals surface area contributed by atoms with Crippen molar-refractivity contribution in [2.24, 2.45) is 29.6 Å². The molecule has 20 saturated heterocycles. The molecule has 20 fully saturated rings. The smallest absolute Gasteiger partial charge is 0.410 e. The molecule has 0 spiro atoms. The highest BCUT2D eigenvalue weighted by Gasteiger charge is 2.49. The van der Waals surface area contributed by atoms with Crippen molar-refractivity contribution in [2.45, 2.75) is 408 Å². The van der Waals surface area contributed by atoms with Crippen molar-refractivity contribution in [1.82, 2.24) is 97.7 Å². The Bertz CT molecular complexity index is 3540. The van der Waals surface area contributed by atoms with Crippen LogP contribution in [0.2, 0.25) is 0 Å². The van der Waals surface area contributed by atoms with Gasteiger partial charge in [0.2, 0.25) is 5.91 Å². The molecule has 22 heterocycles. The molecule has 1 aromatic heterocycles. The monoisotopic (exact) mass is 1970 g/mol. The number of likely N-dealkylation sites (N-methyl/N-ethyl adjacent to an activating group) is 1. The third kappa shape index (κ3) is 33.5. The normalized spacial score (nSPS) is 32.6. The molecule has 810 valence electrons. The van der Waals surface area contributed by atoms with Crippen LogP contribution in [0.5, 0.6) is 0 Å². The molecule has 15 unspecified atom stereocenters. The Kier molecular flexibility index (Phi) is 46.0. The number of imidazole rings is 1. The van der Waals surface area contributed by atoms with Crippen molar-refractivity contribution in [3.63, 3.8) is 0 Å². The first-order chi connectivity index (χ1) is 66.7. The van der Waals surface area contributed by atoms with Gasteiger partial charge < -0.3 is 43.0 Å². The highest BCUT2D eigenvalue weighted by atomic mass is 19.3. The molecule has 22 rings (SSSR count). The molecule has 15 atom stereocenters. The summed E-state index contributed by atoms with van der Waals surface area (Å²) >= 11 is 0. The molecular weight excluding hydrogens is 1760 g/mol. The first kappa shape index (κ1) is 116. The van der Waals surface area contributed by atoms with Crippen LogP contribution < -0.4 is 0 Å². The minimum Gasteiger partial charge on any atom is -0.447 e. The third-order valence-corrected chi connectivity index (χ3v) is 35.8. The lowest BCUT2D eigenvalue weighted by Crippen LogP contribution is -2.59. The van der Waals surface area contributed by atoms with Crippen molar-refractivity contribution in [2.75, 3.05) is 250 Å². The number of alkyl halides is 2. The summed E-state index contributed by atoms with van der Waals surface area (Å²) in [5.74, 6) is 3.48. The second kappa shape index (κ2) is 55.7. The molecule has 0 N–H and O–H groups in total. The van der Waals surface area contributed by atoms with Gasteiger partial charge in [0.15, 0.2) is 0 Å². The summed E-state index contributed by atoms with van der Waals surface area (Å²) in [5.41, 5.74) is 0. The van der Waals surface area contributed by atoms with Gasteiger partial charge in [-0.1, -0.05) is 13.8 Å². The molecule has 1 aromatic rings. The molecular formula is C111H210F2N20O7. The summed E-state index contributed by atoms with van der Waals surface area (Å²) in [4.78, 5) is 71.0. The summed E-state index contributed by atoms with van der Waals surface area (Å²) in [6.45, 7) is 96.8. The molecule has 21 aliphatic rings. The maximum absolute atomic E-state index is 13.1. The number of aromatic nitrogens is 2. The quantitative estimate of drug-likeness (QED) is 0.184. The van der Waals surface area contributed by atoms with E-state index in [-0.39, 0.29) is 25.1 Å². The van der Waals surface area contributed by atoms with E-state index in [1.807, 2.05) is 16.0 Å². The van der Waals surface area contributed by atoms with E-state index in [4.69, 9.17) is 23.7 Å². The number of hydrogen-bond acceptors (Lipinski definition) is 24. The number of morpholine rings is 1. The largest absolute Gasteiger partial charge is 0.447 e. The summed E-state index contributed by atoms with van der Waals surface area (Å²) in [6.07, 6.45) is 22.4. The van der Waals surface area contributed by atoms with Crippen LogP contribution >= 0.6 is 0 Å². The number of carbonyl (C=O) groups excluding carboxylic acids is 2. The van der Waals surface area contributed by atoms with Crippen LogP contribution in [-0.4, -0.2) is 498 Å². The van der Waals surface area contributed by atoms with E-state index in [0.717, 1.165) is 203 Å². The number of rotatable bonds is 13. The average molecular weight is 1980 g/mol. The molecule has 0 radical (unpaired) electrons. The molecule has 0 saturated carbocycles. The molecule has 0 aromatic carbocycles. The van der Waals surface area contributed by atoms with Crippen molar-refractivity contribution in [3.8, 4) is 0 Å². The zero-order valence-corrected chi connectivity index (χ0v) is 93.8. The fourth-order valence-corrected chi connectivity index (χ4v) is 26.1. The Morgan fingerprint density at radius 2 is 0.821 bits per heavy atom. The topological polar surface area (TPSA) is 156 Å². The predicted octanol–water partition coefficient (Wildman–Crippen LogP) is 13.1. The van der Waals surface area contributed by atoms with E-state index < -0.39 is 5.92 Å². The first-order valence-electron chi connectivity index (χ1n) is 57.6. The number of nitrogens with zero attached hydrogens (tertiary/aromatic N) is 20. The van der Waals surface area contributed by atoms with Gasteiger partial charge in [-0.15, -0.1) is 0 Å². The molecule has 27 nitrogen and oxygen atoms in total. The zero-order chi connectivity index (χ0) is 101. The van der Waals surface area contributed by atoms with E-state index in [2.05, 4.69) is 267 Å². The minimum atomic E-state index is -2.45. The molecule has 2 amide bonds. The highest BCUT2D eigenvalue weighted by Crippen LogP contribution is 2.38. The molecule has 0 aliphatic carbocycles. The van der Waals surface area contributed by atoms with Gasteiger partial charge in [-0.05, 0) is 280 Å². The van der Waals surface area contributed by atoms with Crippen molar-refractivity contribution < 1.29 is 42.1 Å². The van der Waals surface area contributed by atoms with Gasteiger partial charge in [-0.2, -0.15) is 0 Å². The Morgan fingerprint density at radius 3 is 1.43 bits per heavy atom. The fraction of sp³-hybridized carbons (Fsp3) is 0.955. The number of likely N-dealkylation sites (tertiary alicyclic amines) is 5. The highest BCUT2D eigenvalue weighted by molar-refractivity contribution is 5.79. The van der Waals surface area contributed by atoms with Crippen LogP contribution in [0.25, 0.3) is 0 Å². The lowest BCUT2D eigenvalue weighted by molar-refractivity contribution is -0.130. The predicted molar refractivity (Wildman–Crippen MR) is 567 cm³/mol. The van der Waals surface area contributed by atoms with Gasteiger partial charge in [0.25, 0.3) is 5.92 Å². The number of carbonyl (C=O) groups is 2. The lowest BCUT2D eigenvalue weighted by atomic mass is 9.93. The summed E-state index contributed by atoms with van der Waals surface area (Å²) < 4.78 is 55.9. The van der Waals surface area contributed by atoms with Gasteiger partial charge >= 0.3 is 6.09 Å². The molecule has 21 aliphatic heterocycles. The van der Waals surface area contributed by atoms with Crippen molar-refractivity contribution in [3.05, 3.63) is 18.2 Å². The van der Waals surface area contributed by atoms with Gasteiger partial charge in [-0.3, -0.25) is 78.3 Å². The Hall–Kier alpha value is -2.99. The summed E-state index contributed by atoms with van der Waals surface area (Å²) in [7, 11) is 2.27. The number of cyclic esters (lactones) is 1. The van der Waals surface area contributed by atoms with Crippen LogP contribution in [0.15, 0.2) is 12.4 Å². The van der Waals surface area contributed by atoms with E-state index in [1.165, 1.54) is 201 Å². The summed E-state index contributed by atoms with van der Waals surface area (Å²) in [5, 5.41) is 0. The van der Waals surface area contributed by atoms with E-state index in [1.54, 1.807) is 0 Å². The van der Waals surface area contributed by atoms with Crippen LogP contribution in [0.4, 0.5) is 13.6 Å². The van der Waals surface area contributed by atoms with E-state index in [0.29, 0.717) is 97.3 Å². The Morgan fingerprint density at radius 1 is 0.364 bits per heavy atom. The standard InChI is InChI=1S/C14H28N2.C10H18F2N2.C10H20N2O.C10H18N2O.2C10H20N2.2C10H19NO.C9H15N3.C9H16N2O2.C9H17NO/c1-11(2)8-14-10-15(12(3)4)9-13-6-5-7-16(13)14;1-8(2)13-3-4-14-7-10(11,12)5-9(14)6-13;1-9(2)12-4-3-11-5-6-13-8-10(11)7-12;1-8(2)11-5-6-12-9(7-11)3-4-10(12)13;1-8(2)12-6-9-4-5-11(3)10(9)7-12;1-9(2)12-7-6-11-5-3-4-10(11)8-12;1-8(2)11-5-3-10-9(7-11)4-6-12-10;1-8(2)11-5-3-9-4-6-12-10(9)7-11;1-8(2)12-6-5-11-4-3-10-9(11)7-12;1-7(2)10-3-4-11-8(5-10)6-13-9(11)12;1-7(2)10-5-8-3-4-11-9(8)6-10/h11-14H,5-10H2,1-4H3;8-9H,3-7H2,1-2H3;9-10H,3-8H2,1-2H3;8-9H,3-7H2,1-2H3;8-10H,4-7H2,1-3H3;9-10H,3-8H2,1-2H3;2*8-10H,3-7H2,1-2H3;3-4,8H,5-7H2,1-2H3;7-8H,3-6H2,1-2H3;7-9H,3-6H2,1-2H3. The van der Waals surface area contributed by atoms with Crippen molar-refractivity contribution >= 4 is 12.0 Å². The number of hydrogen-bond donors (Lipinski definition) is 0. The van der Waals surface area contributed by atoms with Crippen LogP contribution in [0, 0.1) is 29.6 Å². The lowest BCUT2D eigenvalue weighted by Gasteiger charge is -2.46. The number of halogens is 2. The van der Waals surface area contributed by atoms with Crippen LogP contribution in [0.1, 0.15) is 262 Å². The van der Waals surface area contributed by atoms with E-state index >= 15 is 0 Å². The third-order valence-electron chi connectivity index (χ3n) is 35.8. The minimum absolute atomic E-state index is 0.0242. The number of piperidine rings is 2. The Balaban J connectivity index is 0.000000138. The molecule has 0 bridgehead atoms. The second-order valence-corrected chi connectivity index (χ2v) is 49.2. The number of amides is 2. The SMILES string of the molecule is CC(C)CC1CN(C(C)C)CC2CCCN21.CC(C)N1CC2CCN(C)C2C1.CC(C)N1CC2CCOC2C1.CC(C)N1CCC2CCOC2C1.CC(C)N1CCC2OCCC2C1.CC(C)N1CCN2C(=O)CCC2C1.CC(C)N1CCN2C(=O)OCC2C1.CC(C)N1CCN2CC(F)(F)CC2C1.CC(C)N1CCN2CCCC2C1.CC(C)N1CCN2CCOCC2C1.CC(C)N1CCn2ccnc2C1. The van der Waals surface area contributed by atoms with Gasteiger partial charge in [0, 0.05) is 342 Å². The summed E-state index contributed by atoms with van der Waals surface area (Å²) in [6, 6.07) is 12.3. The molecule has 140 heavy (non-hydrogen) atoms. The fourth-order valence-electron chi connectivity index (χ4n) is 26.1. The van der Waals surface area contributed by atoms with Crippen molar-refractivity contribution in [1.29, 1.82) is 0 Å². The van der Waals surface area contributed by atoms with Crippen LogP contribution in [-0.2, 0) is 41.6 Å². The number of ether oxygens (including phenoxy) is 5. The maximum atomic E-state index is 13.1. The van der Waals surface area contributed by atoms with Gasteiger partial charge in [0.1, 0.15) is 12.4 Å². The maximum Gasteiger partial charge on any atom is 0.410 e. The Labute approximate surface area is 852 Å². The number of fused-ring (bicyclic) bond motifs is 11. The average Bonchev–Trinajstić information content (AvgIpc) is 1.80. The second-order valence-electron chi connectivity index (χ2n) is 49.2. The number of piperazine rings is 6. The first-order valence-corrected chi connectivity index (χ1v) is 57.6. The van der Waals surface area contributed by atoms with Crippen LogP contribution in [0.3, 0.4) is 0 Å².